The highest BCUT2D eigenvalue weighted by Gasteiger charge is 2.30. The molecule has 2 N–H and O–H groups in total. The van der Waals surface area contributed by atoms with E-state index in [1.165, 1.54) is 13.2 Å². The van der Waals surface area contributed by atoms with Crippen molar-refractivity contribution < 1.29 is 19.7 Å². The molecule has 0 aliphatic rings. The minimum absolute atomic E-state index is 0.0794. The molecular weight excluding hydrogens is 256 g/mol. The van der Waals surface area contributed by atoms with Crippen LogP contribution < -0.4 is 4.74 Å². The molecule has 100 valence electrons. The minimum atomic E-state index is -0.963. The molecule has 4 nitrogen and oxygen atoms in total. The van der Waals surface area contributed by atoms with Crippen molar-refractivity contribution in [1.82, 2.24) is 0 Å². The highest BCUT2D eigenvalue weighted by Crippen LogP contribution is 2.40. The lowest BCUT2D eigenvalue weighted by molar-refractivity contribution is -0.146. The van der Waals surface area contributed by atoms with E-state index in [1.807, 2.05) is 0 Å². The summed E-state index contributed by atoms with van der Waals surface area (Å²) in [5, 5.41) is 19.3. The van der Waals surface area contributed by atoms with Gasteiger partial charge in [-0.2, -0.15) is 0 Å². The van der Waals surface area contributed by atoms with Gasteiger partial charge in [0.05, 0.1) is 12.5 Å². The van der Waals surface area contributed by atoms with Gasteiger partial charge < -0.3 is 14.9 Å². The highest BCUT2D eigenvalue weighted by atomic mass is 35.5. The van der Waals surface area contributed by atoms with Gasteiger partial charge in [0.15, 0.2) is 11.5 Å². The maximum absolute atomic E-state index is 11.2. The van der Waals surface area contributed by atoms with E-state index in [0.717, 1.165) is 5.56 Å². The van der Waals surface area contributed by atoms with Crippen LogP contribution in [-0.2, 0) is 11.2 Å². The summed E-state index contributed by atoms with van der Waals surface area (Å²) < 4.78 is 5.14. The molecule has 0 atom stereocenters. The summed E-state index contributed by atoms with van der Waals surface area (Å²) >= 11 is 5.99. The Labute approximate surface area is 111 Å². The van der Waals surface area contributed by atoms with Crippen molar-refractivity contribution in [1.29, 1.82) is 0 Å². The van der Waals surface area contributed by atoms with Gasteiger partial charge in [-0.25, -0.2) is 0 Å². The van der Waals surface area contributed by atoms with Crippen molar-refractivity contribution in [3.05, 3.63) is 22.2 Å². The standard InChI is InChI=1S/C13H17ClO4/c1-7-8(6-13(2,3)12(16)17)11(18-4)10(15)5-9(7)14/h5,15H,6H2,1-4H3,(H,16,17). The zero-order chi connectivity index (χ0) is 14.1. The molecule has 0 amide bonds. The number of methoxy groups -OCH3 is 1. The zero-order valence-electron chi connectivity index (χ0n) is 10.9. The van der Waals surface area contributed by atoms with Crippen molar-refractivity contribution >= 4 is 17.6 Å². The molecule has 0 aliphatic heterocycles. The summed E-state index contributed by atoms with van der Waals surface area (Å²) in [6.45, 7) is 5.01. The Kier molecular flexibility index (Phi) is 4.12. The number of carbonyl (C=O) groups is 1. The molecule has 0 spiro atoms. The molecule has 18 heavy (non-hydrogen) atoms. The number of hydrogen-bond acceptors (Lipinski definition) is 3. The van der Waals surface area contributed by atoms with Crippen molar-refractivity contribution in [2.45, 2.75) is 27.2 Å². The summed E-state index contributed by atoms with van der Waals surface area (Å²) in [7, 11) is 1.43. The third kappa shape index (κ3) is 2.70. The third-order valence-electron chi connectivity index (χ3n) is 2.98. The fourth-order valence-electron chi connectivity index (χ4n) is 1.72. The second-order valence-corrected chi connectivity index (χ2v) is 5.29. The molecule has 0 saturated heterocycles. The Balaban J connectivity index is 3.35. The number of phenolic OH excluding ortho intramolecular Hbond substituents is 1. The van der Waals surface area contributed by atoms with Gasteiger partial charge in [-0.15, -0.1) is 0 Å². The van der Waals surface area contributed by atoms with Gasteiger partial charge in [-0.1, -0.05) is 11.6 Å². The van der Waals surface area contributed by atoms with Crippen LogP contribution in [0, 0.1) is 12.3 Å². The smallest absolute Gasteiger partial charge is 0.309 e. The molecule has 1 aromatic carbocycles. The van der Waals surface area contributed by atoms with Gasteiger partial charge in [0.2, 0.25) is 0 Å². The number of carboxylic acids is 1. The Morgan fingerprint density at radius 2 is 2.06 bits per heavy atom. The average molecular weight is 273 g/mol. The van der Waals surface area contributed by atoms with E-state index in [0.29, 0.717) is 10.6 Å². The van der Waals surface area contributed by atoms with Crippen LogP contribution in [-0.4, -0.2) is 23.3 Å². The molecule has 0 aromatic heterocycles. The van der Waals surface area contributed by atoms with Crippen LogP contribution in [0.4, 0.5) is 0 Å². The Morgan fingerprint density at radius 3 is 2.50 bits per heavy atom. The molecule has 0 bridgehead atoms. The second-order valence-electron chi connectivity index (χ2n) is 4.88. The number of ether oxygens (including phenoxy) is 1. The lowest BCUT2D eigenvalue weighted by Crippen LogP contribution is -2.26. The highest BCUT2D eigenvalue weighted by molar-refractivity contribution is 6.31. The molecule has 0 saturated carbocycles. The SMILES string of the molecule is COc1c(O)cc(Cl)c(C)c1CC(C)(C)C(=O)O. The molecule has 0 unspecified atom stereocenters. The van der Waals surface area contributed by atoms with E-state index >= 15 is 0 Å². The van der Waals surface area contributed by atoms with Gasteiger partial charge in [-0.3, -0.25) is 4.79 Å². The summed E-state index contributed by atoms with van der Waals surface area (Å²) in [5.74, 6) is -0.709. The van der Waals surface area contributed by atoms with Gasteiger partial charge in [-0.05, 0) is 32.8 Å². The number of rotatable bonds is 4. The van der Waals surface area contributed by atoms with E-state index in [4.69, 9.17) is 21.4 Å². The molecule has 0 aliphatic carbocycles. The maximum Gasteiger partial charge on any atom is 0.309 e. The summed E-state index contributed by atoms with van der Waals surface area (Å²) in [6, 6.07) is 1.40. The van der Waals surface area contributed by atoms with Crippen LogP contribution in [0.3, 0.4) is 0 Å². The topological polar surface area (TPSA) is 66.8 Å². The number of halogens is 1. The van der Waals surface area contributed by atoms with Crippen LogP contribution in [0.2, 0.25) is 5.02 Å². The summed E-state index contributed by atoms with van der Waals surface area (Å²) in [6.07, 6.45) is 0.228. The fourth-order valence-corrected chi connectivity index (χ4v) is 1.94. The largest absolute Gasteiger partial charge is 0.504 e. The van der Waals surface area contributed by atoms with E-state index in [9.17, 15) is 9.90 Å². The third-order valence-corrected chi connectivity index (χ3v) is 3.38. The van der Waals surface area contributed by atoms with Crippen molar-refractivity contribution in [2.24, 2.45) is 5.41 Å². The van der Waals surface area contributed by atoms with Gasteiger partial charge in [0.25, 0.3) is 0 Å². The minimum Gasteiger partial charge on any atom is -0.504 e. The van der Waals surface area contributed by atoms with Crippen molar-refractivity contribution in [3.8, 4) is 11.5 Å². The Bertz CT molecular complexity index is 480. The summed E-state index contributed by atoms with van der Waals surface area (Å²) in [4.78, 5) is 11.2. The van der Waals surface area contributed by atoms with Crippen molar-refractivity contribution in [2.75, 3.05) is 7.11 Å². The summed E-state index contributed by atoms with van der Waals surface area (Å²) in [5.41, 5.74) is 0.380. The molecule has 5 heteroatoms. The quantitative estimate of drug-likeness (QED) is 0.884. The first-order valence-electron chi connectivity index (χ1n) is 5.49. The Morgan fingerprint density at radius 1 is 1.50 bits per heavy atom. The van der Waals surface area contributed by atoms with E-state index < -0.39 is 11.4 Å². The van der Waals surface area contributed by atoms with E-state index in [-0.39, 0.29) is 17.9 Å². The number of carboxylic acid groups (broad SMARTS) is 1. The van der Waals surface area contributed by atoms with E-state index in [2.05, 4.69) is 0 Å². The number of hydrogen-bond donors (Lipinski definition) is 2. The maximum atomic E-state index is 11.2. The first kappa shape index (κ1) is 14.6. The van der Waals surface area contributed by atoms with Gasteiger partial charge >= 0.3 is 5.97 Å². The van der Waals surface area contributed by atoms with Crippen molar-refractivity contribution in [3.63, 3.8) is 0 Å². The van der Waals surface area contributed by atoms with Crippen LogP contribution in [0.5, 0.6) is 11.5 Å². The van der Waals surface area contributed by atoms with Gasteiger partial charge in [0, 0.05) is 16.7 Å². The number of aromatic hydroxyl groups is 1. The second kappa shape index (κ2) is 5.06. The zero-order valence-corrected chi connectivity index (χ0v) is 11.6. The fraction of sp³-hybridized carbons (Fsp3) is 0.462. The lowest BCUT2D eigenvalue weighted by Gasteiger charge is -2.23. The van der Waals surface area contributed by atoms with Crippen LogP contribution in [0.15, 0.2) is 6.07 Å². The monoisotopic (exact) mass is 272 g/mol. The normalized spacial score (nSPS) is 11.4. The van der Waals surface area contributed by atoms with Gasteiger partial charge in [0.1, 0.15) is 0 Å². The molecule has 1 aromatic rings. The van der Waals surface area contributed by atoms with E-state index in [1.54, 1.807) is 20.8 Å². The lowest BCUT2D eigenvalue weighted by atomic mass is 9.84. The Hall–Kier alpha value is -1.42. The molecule has 0 fully saturated rings. The van der Waals surface area contributed by atoms with Crippen LogP contribution in [0.25, 0.3) is 0 Å². The predicted octanol–water partition coefficient (Wildman–Crippen LogP) is 3.02. The number of aliphatic carboxylic acids is 1. The average Bonchev–Trinajstić information content (AvgIpc) is 2.25. The first-order valence-corrected chi connectivity index (χ1v) is 5.87. The molecule has 0 heterocycles. The number of phenols is 1. The van der Waals surface area contributed by atoms with Crippen LogP contribution >= 0.6 is 11.6 Å². The predicted molar refractivity (Wildman–Crippen MR) is 69.5 cm³/mol. The molecular formula is C13H17ClO4. The molecule has 0 radical (unpaired) electrons. The molecule has 1 rings (SSSR count). The number of benzene rings is 1. The first-order chi connectivity index (χ1) is 8.20. The van der Waals surface area contributed by atoms with Crippen LogP contribution in [0.1, 0.15) is 25.0 Å².